The van der Waals surface area contributed by atoms with E-state index in [2.05, 4.69) is 35.9 Å². The minimum absolute atomic E-state index is 0.0178. The maximum atomic E-state index is 13.5. The SMILES string of the molecule is NC(N)=NCCCC(NC(=O)C(CCCN=C(N)N)NC(=O)C(Cc1cnc[nH]1)NC(=O)C(N)Cc1ccc(O)cc1)C(=O)O. The van der Waals surface area contributed by atoms with E-state index in [-0.39, 0.29) is 69.3 Å². The summed E-state index contributed by atoms with van der Waals surface area (Å²) >= 11 is 0. The molecular formula is C27H42N12O6. The molecule has 2 rings (SSSR count). The first-order valence-electron chi connectivity index (χ1n) is 14.1. The van der Waals surface area contributed by atoms with Crippen molar-refractivity contribution in [2.45, 2.75) is 62.7 Å². The number of aromatic nitrogens is 2. The van der Waals surface area contributed by atoms with Crippen LogP contribution in [0.25, 0.3) is 0 Å². The largest absolute Gasteiger partial charge is 0.508 e. The number of carboxylic acid groups (broad SMARTS) is 1. The lowest BCUT2D eigenvalue weighted by Crippen LogP contribution is -2.57. The zero-order chi connectivity index (χ0) is 33.4. The predicted octanol–water partition coefficient (Wildman–Crippen LogP) is -3.13. The van der Waals surface area contributed by atoms with Gasteiger partial charge in [0.25, 0.3) is 0 Å². The highest BCUT2D eigenvalue weighted by Gasteiger charge is 2.30. The van der Waals surface area contributed by atoms with Gasteiger partial charge in [0.15, 0.2) is 11.9 Å². The van der Waals surface area contributed by atoms with Gasteiger partial charge in [0.05, 0.1) is 12.4 Å². The Kier molecular flexibility index (Phi) is 14.6. The van der Waals surface area contributed by atoms with Crippen LogP contribution < -0.4 is 44.6 Å². The van der Waals surface area contributed by atoms with Gasteiger partial charge in [-0.2, -0.15) is 0 Å². The molecule has 0 bridgehead atoms. The first kappa shape index (κ1) is 35.8. The van der Waals surface area contributed by atoms with Crippen LogP contribution in [0.3, 0.4) is 0 Å². The number of hydrogen-bond donors (Lipinski definition) is 11. The fourth-order valence-corrected chi connectivity index (χ4v) is 4.16. The summed E-state index contributed by atoms with van der Waals surface area (Å²) in [4.78, 5) is 66.2. The molecule has 1 aromatic heterocycles. The molecule has 0 aliphatic heterocycles. The molecule has 2 aromatic rings. The van der Waals surface area contributed by atoms with E-state index in [0.717, 1.165) is 0 Å². The van der Waals surface area contributed by atoms with Crippen molar-refractivity contribution < 1.29 is 29.4 Å². The first-order valence-corrected chi connectivity index (χ1v) is 14.1. The van der Waals surface area contributed by atoms with Crippen molar-refractivity contribution in [1.82, 2.24) is 25.9 Å². The molecule has 0 saturated carbocycles. The van der Waals surface area contributed by atoms with Crippen LogP contribution in [0.1, 0.15) is 36.9 Å². The zero-order valence-corrected chi connectivity index (χ0v) is 24.7. The Morgan fingerprint density at radius 1 is 0.800 bits per heavy atom. The van der Waals surface area contributed by atoms with Gasteiger partial charge in [-0.25, -0.2) is 9.78 Å². The van der Waals surface area contributed by atoms with E-state index in [0.29, 0.717) is 11.3 Å². The molecule has 16 N–H and O–H groups in total. The number of carbonyl (C=O) groups excluding carboxylic acids is 3. The van der Waals surface area contributed by atoms with Gasteiger partial charge in [0.1, 0.15) is 23.9 Å². The number of carboxylic acids is 1. The molecule has 0 spiro atoms. The highest BCUT2D eigenvalue weighted by Crippen LogP contribution is 2.11. The molecule has 1 aromatic carbocycles. The lowest BCUT2D eigenvalue weighted by atomic mass is 10.0. The Hall–Kier alpha value is -5.39. The molecule has 18 nitrogen and oxygen atoms in total. The molecule has 45 heavy (non-hydrogen) atoms. The number of imidazole rings is 1. The molecule has 0 radical (unpaired) electrons. The van der Waals surface area contributed by atoms with Crippen molar-refractivity contribution in [3.63, 3.8) is 0 Å². The number of hydrogen-bond acceptors (Lipinski definition) is 9. The van der Waals surface area contributed by atoms with E-state index in [1.807, 2.05) is 0 Å². The van der Waals surface area contributed by atoms with Crippen molar-refractivity contribution in [1.29, 1.82) is 0 Å². The van der Waals surface area contributed by atoms with Crippen LogP contribution >= 0.6 is 0 Å². The lowest BCUT2D eigenvalue weighted by molar-refractivity contribution is -0.142. The number of carbonyl (C=O) groups is 4. The fraction of sp³-hybridized carbons (Fsp3) is 0.444. The van der Waals surface area contributed by atoms with Gasteiger partial charge in [-0.1, -0.05) is 12.1 Å². The number of rotatable bonds is 19. The van der Waals surface area contributed by atoms with Crippen LogP contribution in [0.5, 0.6) is 5.75 Å². The summed E-state index contributed by atoms with van der Waals surface area (Å²) in [5, 5.41) is 26.8. The summed E-state index contributed by atoms with van der Waals surface area (Å²) in [7, 11) is 0. The van der Waals surface area contributed by atoms with Gasteiger partial charge in [-0.15, -0.1) is 0 Å². The molecule has 18 heteroatoms. The Morgan fingerprint density at radius 3 is 1.87 bits per heavy atom. The Morgan fingerprint density at radius 2 is 1.33 bits per heavy atom. The zero-order valence-electron chi connectivity index (χ0n) is 24.7. The van der Waals surface area contributed by atoms with E-state index in [1.165, 1.54) is 24.7 Å². The fourth-order valence-electron chi connectivity index (χ4n) is 4.16. The highest BCUT2D eigenvalue weighted by atomic mass is 16.4. The summed E-state index contributed by atoms with van der Waals surface area (Å²) in [6.45, 7) is 0.299. The van der Waals surface area contributed by atoms with Crippen LogP contribution in [-0.4, -0.2) is 93.0 Å². The highest BCUT2D eigenvalue weighted by molar-refractivity contribution is 5.94. The number of H-pyrrole nitrogens is 1. The molecule has 0 aliphatic rings. The van der Waals surface area contributed by atoms with Gasteiger partial charge < -0.3 is 59.8 Å². The number of aliphatic carboxylic acids is 1. The van der Waals surface area contributed by atoms with Gasteiger partial charge in [0, 0.05) is 31.4 Å². The molecular weight excluding hydrogens is 588 g/mol. The maximum Gasteiger partial charge on any atom is 0.326 e. The van der Waals surface area contributed by atoms with Crippen molar-refractivity contribution >= 4 is 35.6 Å². The van der Waals surface area contributed by atoms with Gasteiger partial charge in [0.2, 0.25) is 17.7 Å². The van der Waals surface area contributed by atoms with Crippen LogP contribution in [-0.2, 0) is 32.0 Å². The second kappa shape index (κ2) is 18.3. The molecule has 4 unspecified atom stereocenters. The molecule has 246 valence electrons. The maximum absolute atomic E-state index is 13.5. The Labute approximate surface area is 259 Å². The van der Waals surface area contributed by atoms with E-state index in [9.17, 15) is 29.4 Å². The lowest BCUT2D eigenvalue weighted by Gasteiger charge is -2.25. The van der Waals surface area contributed by atoms with Crippen LogP contribution in [0.2, 0.25) is 0 Å². The van der Waals surface area contributed by atoms with E-state index in [1.54, 1.807) is 12.1 Å². The molecule has 0 fully saturated rings. The topological polar surface area (TPSA) is 328 Å². The molecule has 4 atom stereocenters. The third-order valence-electron chi connectivity index (χ3n) is 6.48. The van der Waals surface area contributed by atoms with Crippen molar-refractivity contribution in [3.05, 3.63) is 48.0 Å². The molecule has 3 amide bonds. The number of amides is 3. The quantitative estimate of drug-likeness (QED) is 0.0417. The minimum atomic E-state index is -1.29. The Balaban J connectivity index is 2.19. The first-order chi connectivity index (χ1) is 21.3. The van der Waals surface area contributed by atoms with Crippen LogP contribution in [0.15, 0.2) is 46.8 Å². The van der Waals surface area contributed by atoms with E-state index in [4.69, 9.17) is 28.7 Å². The second-order valence-electron chi connectivity index (χ2n) is 10.2. The third kappa shape index (κ3) is 13.6. The number of aromatic amines is 1. The van der Waals surface area contributed by atoms with Crippen molar-refractivity contribution in [2.75, 3.05) is 13.1 Å². The van der Waals surface area contributed by atoms with E-state index < -0.39 is 47.9 Å². The summed E-state index contributed by atoms with van der Waals surface area (Å²) in [5.41, 5.74) is 28.7. The average molecular weight is 631 g/mol. The number of phenolic OH excluding ortho intramolecular Hbond substituents is 1. The standard InChI is InChI=1S/C27H42N12O6/c28-18(11-15-5-7-17(40)8-6-15)22(41)39-21(12-16-13-33-14-36-16)24(43)37-19(3-1-9-34-26(29)30)23(42)38-20(25(44)45)4-2-10-35-27(31)32/h5-8,13-14,18-21,40H,1-4,9-12,28H2,(H,33,36)(H,37,43)(H,38,42)(H,39,41)(H,44,45)(H4,29,30,34)(H4,31,32,35). The Bertz CT molecular complexity index is 1310. The van der Waals surface area contributed by atoms with Crippen molar-refractivity contribution in [2.24, 2.45) is 38.7 Å². The number of guanidine groups is 2. The smallest absolute Gasteiger partial charge is 0.326 e. The summed E-state index contributed by atoms with van der Waals surface area (Å²) in [5.74, 6) is -3.65. The van der Waals surface area contributed by atoms with Gasteiger partial charge in [-0.3, -0.25) is 24.4 Å². The average Bonchev–Trinajstić information content (AvgIpc) is 3.49. The van der Waals surface area contributed by atoms with Crippen LogP contribution in [0, 0.1) is 0 Å². The number of benzene rings is 1. The van der Waals surface area contributed by atoms with Crippen molar-refractivity contribution in [3.8, 4) is 5.75 Å². The second-order valence-corrected chi connectivity index (χ2v) is 10.2. The minimum Gasteiger partial charge on any atom is -0.508 e. The summed E-state index contributed by atoms with van der Waals surface area (Å²) < 4.78 is 0. The van der Waals surface area contributed by atoms with Crippen LogP contribution in [0.4, 0.5) is 0 Å². The number of aromatic hydroxyl groups is 1. The number of nitrogens with two attached hydrogens (primary N) is 5. The molecule has 0 aliphatic carbocycles. The van der Waals surface area contributed by atoms with E-state index >= 15 is 0 Å². The number of phenols is 1. The summed E-state index contributed by atoms with van der Waals surface area (Å²) in [6, 6.07) is 1.44. The normalized spacial score (nSPS) is 13.4. The summed E-state index contributed by atoms with van der Waals surface area (Å²) in [6.07, 6.45) is 3.56. The number of nitrogens with zero attached hydrogens (tertiary/aromatic N) is 3. The predicted molar refractivity (Wildman–Crippen MR) is 165 cm³/mol. The molecule has 0 saturated heterocycles. The monoisotopic (exact) mass is 630 g/mol. The number of nitrogens with one attached hydrogen (secondary N) is 4. The third-order valence-corrected chi connectivity index (χ3v) is 6.48. The molecule has 1 heterocycles. The number of aliphatic imine (C=N–C) groups is 2. The van der Waals surface area contributed by atoms with Gasteiger partial charge >= 0.3 is 5.97 Å². The van der Waals surface area contributed by atoms with Gasteiger partial charge in [-0.05, 0) is 49.8 Å².